The van der Waals surface area contributed by atoms with Gasteiger partial charge in [0.05, 0.1) is 17.1 Å². The second-order valence-corrected chi connectivity index (χ2v) is 5.67. The van der Waals surface area contributed by atoms with Gasteiger partial charge in [0.25, 0.3) is 5.56 Å². The van der Waals surface area contributed by atoms with Crippen LogP contribution in [-0.2, 0) is 0 Å². The fourth-order valence-electron chi connectivity index (χ4n) is 2.29. The number of benzene rings is 1. The summed E-state index contributed by atoms with van der Waals surface area (Å²) in [6, 6.07) is 5.50. The van der Waals surface area contributed by atoms with E-state index < -0.39 is 0 Å². The molecule has 1 saturated carbocycles. The van der Waals surface area contributed by atoms with Gasteiger partial charge in [0.1, 0.15) is 5.75 Å². The monoisotopic (exact) mass is 277 g/mol. The van der Waals surface area contributed by atoms with Crippen LogP contribution in [0.4, 0.5) is 0 Å². The maximum Gasteiger partial charge on any atom is 0.251 e. The Kier molecular flexibility index (Phi) is 3.23. The topological polar surface area (TPSA) is 42.1 Å². The van der Waals surface area contributed by atoms with E-state index in [2.05, 4.69) is 4.98 Å². The number of aromatic amines is 1. The minimum Gasteiger partial charge on any atom is -0.492 e. The molecule has 1 aliphatic rings. The van der Waals surface area contributed by atoms with E-state index in [-0.39, 0.29) is 5.56 Å². The van der Waals surface area contributed by atoms with Crippen LogP contribution in [0.1, 0.15) is 24.8 Å². The highest BCUT2D eigenvalue weighted by Gasteiger charge is 2.18. The lowest BCUT2D eigenvalue weighted by atomic mass is 9.86. The van der Waals surface area contributed by atoms with Gasteiger partial charge in [-0.2, -0.15) is 0 Å². The molecule has 19 heavy (non-hydrogen) atoms. The summed E-state index contributed by atoms with van der Waals surface area (Å²) >= 11 is 6.22. The first-order chi connectivity index (χ1) is 9.13. The van der Waals surface area contributed by atoms with Crippen LogP contribution in [0.5, 0.6) is 5.75 Å². The first-order valence-corrected chi connectivity index (χ1v) is 6.97. The minimum absolute atomic E-state index is 0.0697. The van der Waals surface area contributed by atoms with Crippen LogP contribution in [-0.4, -0.2) is 11.6 Å². The molecule has 0 radical (unpaired) electrons. The molecule has 1 aliphatic carbocycles. The van der Waals surface area contributed by atoms with Crippen LogP contribution in [0.15, 0.2) is 23.0 Å². The number of nitrogens with one attached hydrogen (secondary N) is 1. The Morgan fingerprint density at radius 1 is 1.37 bits per heavy atom. The Morgan fingerprint density at radius 3 is 2.84 bits per heavy atom. The van der Waals surface area contributed by atoms with Crippen LogP contribution >= 0.6 is 11.6 Å². The summed E-state index contributed by atoms with van der Waals surface area (Å²) in [5.41, 5.74) is 1.38. The van der Waals surface area contributed by atoms with Crippen molar-refractivity contribution in [3.8, 4) is 5.75 Å². The average Bonchev–Trinajstić information content (AvgIpc) is 2.30. The van der Waals surface area contributed by atoms with Gasteiger partial charge >= 0.3 is 0 Å². The molecule has 0 saturated heterocycles. The van der Waals surface area contributed by atoms with Gasteiger partial charge in [0.2, 0.25) is 0 Å². The second kappa shape index (κ2) is 4.89. The molecule has 2 aromatic rings. The fourth-order valence-corrected chi connectivity index (χ4v) is 2.52. The molecule has 1 aromatic heterocycles. The van der Waals surface area contributed by atoms with Gasteiger partial charge in [0, 0.05) is 17.0 Å². The number of rotatable bonds is 3. The number of aromatic nitrogens is 1. The van der Waals surface area contributed by atoms with Crippen molar-refractivity contribution in [2.24, 2.45) is 5.92 Å². The highest BCUT2D eigenvalue weighted by Crippen LogP contribution is 2.32. The summed E-state index contributed by atoms with van der Waals surface area (Å²) in [4.78, 5) is 14.5. The summed E-state index contributed by atoms with van der Waals surface area (Å²) < 4.78 is 5.76. The van der Waals surface area contributed by atoms with Gasteiger partial charge in [-0.15, -0.1) is 0 Å². The molecule has 0 bridgehead atoms. The zero-order valence-electron chi connectivity index (χ0n) is 10.8. The molecule has 0 atom stereocenters. The predicted molar refractivity (Wildman–Crippen MR) is 77.2 cm³/mol. The van der Waals surface area contributed by atoms with Crippen LogP contribution in [0, 0.1) is 12.8 Å². The molecule has 0 unspecified atom stereocenters. The Morgan fingerprint density at radius 2 is 2.16 bits per heavy atom. The summed E-state index contributed by atoms with van der Waals surface area (Å²) in [5.74, 6) is 1.31. The number of aryl methyl sites for hydroxylation is 1. The number of pyridine rings is 1. The Labute approximate surface area is 116 Å². The van der Waals surface area contributed by atoms with Crippen molar-refractivity contribution in [2.75, 3.05) is 6.61 Å². The first kappa shape index (κ1) is 12.5. The molecule has 1 aromatic carbocycles. The largest absolute Gasteiger partial charge is 0.492 e. The predicted octanol–water partition coefficient (Wildman–Crippen LogP) is 3.67. The van der Waals surface area contributed by atoms with E-state index in [1.54, 1.807) is 6.92 Å². The molecule has 1 heterocycles. The summed E-state index contributed by atoms with van der Waals surface area (Å²) in [6.45, 7) is 2.49. The van der Waals surface area contributed by atoms with Crippen LogP contribution in [0.3, 0.4) is 0 Å². The first-order valence-electron chi connectivity index (χ1n) is 6.59. The van der Waals surface area contributed by atoms with E-state index in [0.717, 1.165) is 10.9 Å². The van der Waals surface area contributed by atoms with Crippen LogP contribution < -0.4 is 10.3 Å². The van der Waals surface area contributed by atoms with E-state index in [1.165, 1.54) is 19.3 Å². The maximum absolute atomic E-state index is 11.6. The van der Waals surface area contributed by atoms with Crippen molar-refractivity contribution in [1.29, 1.82) is 0 Å². The minimum atomic E-state index is -0.0697. The van der Waals surface area contributed by atoms with Gasteiger partial charge in [0.15, 0.2) is 0 Å². The maximum atomic E-state index is 11.6. The summed E-state index contributed by atoms with van der Waals surface area (Å²) in [6.07, 6.45) is 3.77. The van der Waals surface area contributed by atoms with Crippen molar-refractivity contribution in [3.63, 3.8) is 0 Å². The third-order valence-corrected chi connectivity index (χ3v) is 4.08. The number of ether oxygens (including phenoxy) is 1. The molecule has 3 rings (SSSR count). The molecule has 1 fully saturated rings. The van der Waals surface area contributed by atoms with Crippen molar-refractivity contribution in [2.45, 2.75) is 26.2 Å². The number of hydrogen-bond donors (Lipinski definition) is 1. The molecule has 0 spiro atoms. The van der Waals surface area contributed by atoms with Gasteiger partial charge in [-0.3, -0.25) is 4.79 Å². The average molecular weight is 278 g/mol. The van der Waals surface area contributed by atoms with Crippen molar-refractivity contribution in [3.05, 3.63) is 39.1 Å². The Hall–Kier alpha value is -1.48. The molecule has 4 heteroatoms. The highest BCUT2D eigenvalue weighted by molar-refractivity contribution is 6.32. The van der Waals surface area contributed by atoms with Gasteiger partial charge < -0.3 is 9.72 Å². The quantitative estimate of drug-likeness (QED) is 0.930. The number of halogens is 1. The van der Waals surface area contributed by atoms with E-state index in [0.29, 0.717) is 28.9 Å². The van der Waals surface area contributed by atoms with E-state index in [9.17, 15) is 4.79 Å². The Balaban J connectivity index is 1.93. The standard InChI is InChI=1S/C15H16ClNO2/c1-9-5-11-6-12(16)14(7-13(11)17-15(9)18)19-8-10-3-2-4-10/h5-7,10H,2-4,8H2,1H3,(H,17,18). The SMILES string of the molecule is Cc1cc2cc(Cl)c(OCC3CCC3)cc2[nH]c1=O. The van der Waals surface area contributed by atoms with Crippen LogP contribution in [0.25, 0.3) is 10.9 Å². The lowest BCUT2D eigenvalue weighted by molar-refractivity contribution is 0.181. The van der Waals surface area contributed by atoms with Crippen molar-refractivity contribution >= 4 is 22.5 Å². The van der Waals surface area contributed by atoms with Gasteiger partial charge in [-0.1, -0.05) is 18.0 Å². The highest BCUT2D eigenvalue weighted by atomic mass is 35.5. The molecule has 0 aliphatic heterocycles. The molecular formula is C15H16ClNO2. The number of hydrogen-bond acceptors (Lipinski definition) is 2. The number of H-pyrrole nitrogens is 1. The molecular weight excluding hydrogens is 262 g/mol. The zero-order valence-corrected chi connectivity index (χ0v) is 11.6. The van der Waals surface area contributed by atoms with Gasteiger partial charge in [-0.25, -0.2) is 0 Å². The molecule has 0 amide bonds. The third-order valence-electron chi connectivity index (χ3n) is 3.78. The second-order valence-electron chi connectivity index (χ2n) is 5.26. The number of fused-ring (bicyclic) bond motifs is 1. The lowest BCUT2D eigenvalue weighted by Gasteiger charge is -2.25. The van der Waals surface area contributed by atoms with E-state index in [1.807, 2.05) is 18.2 Å². The lowest BCUT2D eigenvalue weighted by Crippen LogP contribution is -2.19. The normalized spacial score (nSPS) is 15.5. The summed E-state index contributed by atoms with van der Waals surface area (Å²) in [7, 11) is 0. The van der Waals surface area contributed by atoms with Gasteiger partial charge in [-0.05, 0) is 37.8 Å². The third kappa shape index (κ3) is 2.47. The van der Waals surface area contributed by atoms with Crippen LogP contribution in [0.2, 0.25) is 5.02 Å². The molecule has 3 nitrogen and oxygen atoms in total. The molecule has 100 valence electrons. The zero-order chi connectivity index (χ0) is 13.4. The fraction of sp³-hybridized carbons (Fsp3) is 0.400. The Bertz CT molecular complexity index is 674. The van der Waals surface area contributed by atoms with E-state index >= 15 is 0 Å². The van der Waals surface area contributed by atoms with Crippen molar-refractivity contribution < 1.29 is 4.74 Å². The van der Waals surface area contributed by atoms with Crippen molar-refractivity contribution in [1.82, 2.24) is 4.98 Å². The smallest absolute Gasteiger partial charge is 0.251 e. The van der Waals surface area contributed by atoms with E-state index in [4.69, 9.17) is 16.3 Å². The molecule has 1 N–H and O–H groups in total. The summed E-state index contributed by atoms with van der Waals surface area (Å²) in [5, 5.41) is 1.52.